The monoisotopic (exact) mass is 247 g/mol. The first kappa shape index (κ1) is 11.9. The van der Waals surface area contributed by atoms with Crippen molar-refractivity contribution in [3.05, 3.63) is 83.1 Å². The number of aryl methyl sites for hydroxylation is 1. The second kappa shape index (κ2) is 5.23. The van der Waals surface area contributed by atoms with Crippen molar-refractivity contribution in [2.45, 2.75) is 19.3 Å². The highest BCUT2D eigenvalue weighted by molar-refractivity contribution is 5.66. The van der Waals surface area contributed by atoms with Gasteiger partial charge in [0.15, 0.2) is 0 Å². The summed E-state index contributed by atoms with van der Waals surface area (Å²) in [6, 6.07) is 19.2. The summed E-state index contributed by atoms with van der Waals surface area (Å²) in [4.78, 5) is 4.57. The highest BCUT2D eigenvalue weighted by Crippen LogP contribution is 2.35. The van der Waals surface area contributed by atoms with E-state index in [1.165, 1.54) is 22.4 Å². The molecule has 0 aliphatic carbocycles. The first-order valence-corrected chi connectivity index (χ1v) is 6.69. The summed E-state index contributed by atoms with van der Waals surface area (Å²) in [7, 11) is 0. The number of hydrogen-bond donors (Lipinski definition) is 0. The van der Waals surface area contributed by atoms with Gasteiger partial charge in [0, 0.05) is 18.3 Å². The molecule has 0 bridgehead atoms. The van der Waals surface area contributed by atoms with Crippen LogP contribution in [-0.4, -0.2) is 6.21 Å². The van der Waals surface area contributed by atoms with Crippen LogP contribution in [0.1, 0.15) is 29.0 Å². The molecular weight excluding hydrogens is 230 g/mol. The largest absolute Gasteiger partial charge is 0.265 e. The van der Waals surface area contributed by atoms with Gasteiger partial charge in [0.05, 0.1) is 5.92 Å². The lowest BCUT2D eigenvalue weighted by molar-refractivity contribution is 0.922. The Bertz CT molecular complexity index is 623. The summed E-state index contributed by atoms with van der Waals surface area (Å²) < 4.78 is 0. The van der Waals surface area contributed by atoms with Crippen molar-refractivity contribution >= 4 is 6.21 Å². The third-order valence-corrected chi connectivity index (χ3v) is 3.60. The molecule has 2 aromatic carbocycles. The topological polar surface area (TPSA) is 12.4 Å². The highest BCUT2D eigenvalue weighted by Gasteiger charge is 2.21. The average Bonchev–Trinajstić information content (AvgIpc) is 2.96. The predicted molar refractivity (Wildman–Crippen MR) is 80.7 cm³/mol. The van der Waals surface area contributed by atoms with Crippen molar-refractivity contribution in [3.8, 4) is 0 Å². The zero-order valence-corrected chi connectivity index (χ0v) is 11.1. The number of rotatable bonds is 3. The van der Waals surface area contributed by atoms with Gasteiger partial charge in [-0.05, 0) is 23.6 Å². The molecule has 1 aliphatic rings. The van der Waals surface area contributed by atoms with Gasteiger partial charge in [0.1, 0.15) is 0 Å². The predicted octanol–water partition coefficient (Wildman–Crippen LogP) is 4.49. The number of allylic oxidation sites excluding steroid dienone is 2. The van der Waals surface area contributed by atoms with Crippen LogP contribution in [0, 0.1) is 6.92 Å². The maximum Gasteiger partial charge on any atom is 0.0512 e. The maximum atomic E-state index is 4.57. The Morgan fingerprint density at radius 1 is 0.947 bits per heavy atom. The van der Waals surface area contributed by atoms with Gasteiger partial charge in [0.2, 0.25) is 0 Å². The van der Waals surface area contributed by atoms with Crippen molar-refractivity contribution in [1.29, 1.82) is 0 Å². The normalized spacial score (nSPS) is 15.3. The van der Waals surface area contributed by atoms with Crippen molar-refractivity contribution in [2.75, 3.05) is 0 Å². The fourth-order valence-corrected chi connectivity index (χ4v) is 2.64. The molecule has 94 valence electrons. The first-order valence-electron chi connectivity index (χ1n) is 6.69. The number of nitrogens with zero attached hydrogens (tertiary/aromatic N) is 1. The van der Waals surface area contributed by atoms with E-state index in [-0.39, 0.29) is 5.92 Å². The molecule has 1 unspecified atom stereocenters. The molecule has 0 saturated carbocycles. The first-order chi connectivity index (χ1) is 9.36. The van der Waals surface area contributed by atoms with Crippen LogP contribution in [0.4, 0.5) is 0 Å². The molecule has 0 amide bonds. The molecule has 0 aromatic heterocycles. The van der Waals surface area contributed by atoms with Crippen molar-refractivity contribution in [2.24, 2.45) is 4.99 Å². The number of hydrogen-bond acceptors (Lipinski definition) is 1. The molecule has 0 fully saturated rings. The van der Waals surface area contributed by atoms with Gasteiger partial charge in [-0.2, -0.15) is 0 Å². The molecule has 1 heterocycles. The third-order valence-electron chi connectivity index (χ3n) is 3.60. The van der Waals surface area contributed by atoms with Gasteiger partial charge < -0.3 is 0 Å². The van der Waals surface area contributed by atoms with E-state index in [0.29, 0.717) is 0 Å². The van der Waals surface area contributed by atoms with Crippen LogP contribution < -0.4 is 0 Å². The molecule has 1 aliphatic heterocycles. The Kier molecular flexibility index (Phi) is 3.28. The lowest BCUT2D eigenvalue weighted by Crippen LogP contribution is -2.04. The molecule has 1 nitrogen and oxygen atoms in total. The van der Waals surface area contributed by atoms with Crippen molar-refractivity contribution in [1.82, 2.24) is 0 Å². The minimum absolute atomic E-state index is 0.251. The molecule has 19 heavy (non-hydrogen) atoms. The minimum Gasteiger partial charge on any atom is -0.265 e. The fourth-order valence-electron chi connectivity index (χ4n) is 2.64. The lowest BCUT2D eigenvalue weighted by Gasteiger charge is -2.19. The Labute approximate surface area is 114 Å². The molecule has 3 rings (SSSR count). The molecule has 1 heteroatoms. The van der Waals surface area contributed by atoms with E-state index < -0.39 is 0 Å². The summed E-state index contributed by atoms with van der Waals surface area (Å²) in [5.41, 5.74) is 5.14. The standard InChI is InChI=1S/C18H17N/c1-14-8-5-6-11-16(14)18(17-12-7-13-19-17)15-9-3-2-4-10-15/h2-6,8-13,18H,7H2,1H3. The second-order valence-corrected chi connectivity index (χ2v) is 4.88. The summed E-state index contributed by atoms with van der Waals surface area (Å²) in [6.07, 6.45) is 5.16. The van der Waals surface area contributed by atoms with E-state index in [1.54, 1.807) is 0 Å². The van der Waals surface area contributed by atoms with E-state index in [9.17, 15) is 0 Å². The van der Waals surface area contributed by atoms with Gasteiger partial charge in [-0.1, -0.05) is 60.7 Å². The lowest BCUT2D eigenvalue weighted by atomic mass is 9.86. The highest BCUT2D eigenvalue weighted by atomic mass is 14.8. The Morgan fingerprint density at radius 3 is 2.37 bits per heavy atom. The molecule has 0 saturated heterocycles. The van der Waals surface area contributed by atoms with Crippen molar-refractivity contribution < 1.29 is 0 Å². The summed E-state index contributed by atoms with van der Waals surface area (Å²) in [5.74, 6) is 0.251. The van der Waals surface area contributed by atoms with Gasteiger partial charge in [-0.15, -0.1) is 0 Å². The minimum atomic E-state index is 0.251. The summed E-state index contributed by atoms with van der Waals surface area (Å²) >= 11 is 0. The zero-order valence-electron chi connectivity index (χ0n) is 11.1. The van der Waals surface area contributed by atoms with E-state index in [2.05, 4.69) is 72.6 Å². The van der Waals surface area contributed by atoms with Gasteiger partial charge in [-0.3, -0.25) is 4.99 Å². The third kappa shape index (κ3) is 2.37. The van der Waals surface area contributed by atoms with Gasteiger partial charge in [0.25, 0.3) is 0 Å². The molecule has 0 spiro atoms. The molecule has 0 radical (unpaired) electrons. The van der Waals surface area contributed by atoms with Crippen LogP contribution in [0.5, 0.6) is 0 Å². The molecule has 2 aromatic rings. The van der Waals surface area contributed by atoms with Crippen LogP contribution in [-0.2, 0) is 0 Å². The number of benzene rings is 2. The fraction of sp³-hybridized carbons (Fsp3) is 0.167. The molecular formula is C18H17N. The molecule has 1 atom stereocenters. The van der Waals surface area contributed by atoms with Gasteiger partial charge >= 0.3 is 0 Å². The summed E-state index contributed by atoms with van der Waals surface area (Å²) in [5, 5.41) is 0. The SMILES string of the molecule is Cc1ccccc1C(C1=CCC=N1)c1ccccc1. The van der Waals surface area contributed by atoms with Gasteiger partial charge in [-0.25, -0.2) is 0 Å². The maximum absolute atomic E-state index is 4.57. The molecule has 0 N–H and O–H groups in total. The Balaban J connectivity index is 2.12. The zero-order chi connectivity index (χ0) is 13.1. The second-order valence-electron chi connectivity index (χ2n) is 4.88. The van der Waals surface area contributed by atoms with Crippen LogP contribution >= 0.6 is 0 Å². The van der Waals surface area contributed by atoms with E-state index in [4.69, 9.17) is 0 Å². The van der Waals surface area contributed by atoms with Crippen LogP contribution in [0.15, 0.2) is 71.4 Å². The summed E-state index contributed by atoms with van der Waals surface area (Å²) in [6.45, 7) is 2.17. The number of aliphatic imine (C=N–C) groups is 1. The Morgan fingerprint density at radius 2 is 1.68 bits per heavy atom. The average molecular weight is 247 g/mol. The smallest absolute Gasteiger partial charge is 0.0512 e. The quantitative estimate of drug-likeness (QED) is 0.758. The van der Waals surface area contributed by atoms with E-state index in [1.807, 2.05) is 6.21 Å². The Hall–Kier alpha value is -2.15. The van der Waals surface area contributed by atoms with E-state index >= 15 is 0 Å². The van der Waals surface area contributed by atoms with Crippen LogP contribution in [0.2, 0.25) is 0 Å². The van der Waals surface area contributed by atoms with Crippen molar-refractivity contribution in [3.63, 3.8) is 0 Å². The van der Waals surface area contributed by atoms with Crippen LogP contribution in [0.25, 0.3) is 0 Å². The van der Waals surface area contributed by atoms with Crippen LogP contribution in [0.3, 0.4) is 0 Å². The van der Waals surface area contributed by atoms with E-state index in [0.717, 1.165) is 6.42 Å².